The normalized spacial score (nSPS) is 20.1. The lowest BCUT2D eigenvalue weighted by atomic mass is 10.0. The molecule has 5 N–H and O–H groups in total. The van der Waals surface area contributed by atoms with E-state index in [1.807, 2.05) is 5.32 Å². The van der Waals surface area contributed by atoms with Gasteiger partial charge in [0.25, 0.3) is 11.8 Å². The van der Waals surface area contributed by atoms with E-state index in [0.717, 1.165) is 17.0 Å². The van der Waals surface area contributed by atoms with Gasteiger partial charge in [-0.3, -0.25) is 14.4 Å². The van der Waals surface area contributed by atoms with E-state index in [0.29, 0.717) is 11.3 Å². The van der Waals surface area contributed by atoms with Crippen molar-refractivity contribution < 1.29 is 51.0 Å². The minimum Gasteiger partial charge on any atom is -0.409 e. The van der Waals surface area contributed by atoms with Crippen LogP contribution in [0.15, 0.2) is 59.1 Å². The smallest absolute Gasteiger partial charge is 0.409 e. The number of hydrogen-bond donors (Lipinski definition) is 4. The number of amides is 3. The largest absolute Gasteiger partial charge is 0.413 e. The number of nitrogens with two attached hydrogens (primary N) is 1. The number of carbonyl (C=O) groups is 3. The first kappa shape index (κ1) is 32.3. The molecule has 3 heterocycles. The van der Waals surface area contributed by atoms with Crippen molar-refractivity contribution in [1.29, 1.82) is 0 Å². The summed E-state index contributed by atoms with van der Waals surface area (Å²) in [4.78, 5) is 40.4. The van der Waals surface area contributed by atoms with E-state index in [1.54, 1.807) is 6.07 Å². The van der Waals surface area contributed by atoms with Crippen molar-refractivity contribution in [3.63, 3.8) is 0 Å². The van der Waals surface area contributed by atoms with Gasteiger partial charge in [0, 0.05) is 38.9 Å². The van der Waals surface area contributed by atoms with Gasteiger partial charge in [0.15, 0.2) is 17.7 Å². The van der Waals surface area contributed by atoms with Gasteiger partial charge in [0.2, 0.25) is 11.8 Å². The summed E-state index contributed by atoms with van der Waals surface area (Å²) in [5, 5.41) is 17.2. The Kier molecular flexibility index (Phi) is 8.17. The molecule has 3 aromatic rings. The first-order chi connectivity index (χ1) is 22.2. The number of hydrogen-bond acceptors (Lipinski definition) is 8. The number of halogens is 5. The molecule has 0 saturated carbocycles. The maximum Gasteiger partial charge on any atom is 0.413 e. The molecule has 2 aromatic carbocycles. The number of thiophene rings is 1. The second-order valence-electron chi connectivity index (χ2n) is 11.1. The Morgan fingerprint density at radius 3 is 2.47 bits per heavy atom. The number of nitrogens with one attached hydrogen (secondary N) is 2. The minimum atomic E-state index is -4.96. The first-order valence-corrected chi connectivity index (χ1v) is 15.0. The average molecular weight is 680 g/mol. The molecule has 0 bridgehead atoms. The molecule has 1 unspecified atom stereocenters. The maximum absolute atomic E-state index is 14.9. The van der Waals surface area contributed by atoms with Crippen molar-refractivity contribution in [1.82, 2.24) is 15.5 Å². The van der Waals surface area contributed by atoms with Crippen LogP contribution in [0, 0.1) is 0 Å². The lowest BCUT2D eigenvalue weighted by Gasteiger charge is -2.27. The molecule has 1 aromatic heterocycles. The Morgan fingerprint density at radius 2 is 1.77 bits per heavy atom. The van der Waals surface area contributed by atoms with Gasteiger partial charge in [-0.2, -0.15) is 22.0 Å². The fourth-order valence-electron chi connectivity index (χ4n) is 5.97. The van der Waals surface area contributed by atoms with Crippen LogP contribution in [0.2, 0.25) is 0 Å². The molecule has 2 atom stereocenters. The summed E-state index contributed by atoms with van der Waals surface area (Å²) in [6.45, 7) is -0.706. The van der Waals surface area contributed by atoms with Gasteiger partial charge in [-0.25, -0.2) is 0 Å². The summed E-state index contributed by atoms with van der Waals surface area (Å²) >= 11 is 0.626. The molecule has 2 aliphatic heterocycles. The number of oxime groups is 1. The van der Waals surface area contributed by atoms with E-state index in [4.69, 9.17) is 20.4 Å². The van der Waals surface area contributed by atoms with Gasteiger partial charge in [-0.1, -0.05) is 35.5 Å². The summed E-state index contributed by atoms with van der Waals surface area (Å²) in [6, 6.07) is 6.61. The highest BCUT2D eigenvalue weighted by atomic mass is 32.1. The fourth-order valence-corrected chi connectivity index (χ4v) is 6.94. The molecule has 11 nitrogen and oxygen atoms in total. The van der Waals surface area contributed by atoms with Gasteiger partial charge < -0.3 is 35.9 Å². The number of fused-ring (bicyclic) bond motifs is 3. The zero-order valence-electron chi connectivity index (χ0n) is 24.1. The molecule has 3 amide bonds. The maximum atomic E-state index is 14.9. The minimum absolute atomic E-state index is 0.00564. The summed E-state index contributed by atoms with van der Waals surface area (Å²) in [6.07, 6.45) is -5.23. The van der Waals surface area contributed by atoms with Crippen molar-refractivity contribution in [3.05, 3.63) is 81.0 Å². The molecule has 3 aliphatic rings. The number of carbonyl (C=O) groups excluding carboxylic acids is 3. The Balaban J connectivity index is 1.18. The predicted molar refractivity (Wildman–Crippen MR) is 156 cm³/mol. The Hall–Kier alpha value is -4.61. The van der Waals surface area contributed by atoms with Crippen LogP contribution in [-0.2, 0) is 25.0 Å². The molecular weight excluding hydrogens is 653 g/mol. The van der Waals surface area contributed by atoms with Crippen LogP contribution in [0.4, 0.5) is 22.0 Å². The summed E-state index contributed by atoms with van der Waals surface area (Å²) in [5.41, 5.74) is 5.47. The quantitative estimate of drug-likeness (QED) is 0.0981. The van der Waals surface area contributed by atoms with E-state index in [1.165, 1.54) is 35.7 Å². The summed E-state index contributed by atoms with van der Waals surface area (Å²) < 4.78 is 83.5. The van der Waals surface area contributed by atoms with Crippen molar-refractivity contribution in [2.24, 2.45) is 10.9 Å². The SMILES string of the molecule is NC(=NO)c1csc([C@H](NC(=O)C2CC3(CN2C(=O)CNC(=O)c2ccc4c(c2)-c2ccccc2C4(F)F)OCCO3)C(F)(F)F)c1. The third-order valence-electron chi connectivity index (χ3n) is 8.23. The van der Waals surface area contributed by atoms with E-state index < -0.39 is 60.1 Å². The molecule has 0 radical (unpaired) electrons. The van der Waals surface area contributed by atoms with E-state index in [2.05, 4.69) is 10.5 Å². The number of rotatable bonds is 7. The van der Waals surface area contributed by atoms with Crippen molar-refractivity contribution in [2.75, 3.05) is 26.3 Å². The van der Waals surface area contributed by atoms with Gasteiger partial charge in [0.05, 0.1) is 26.3 Å². The van der Waals surface area contributed by atoms with Crippen LogP contribution < -0.4 is 16.4 Å². The second-order valence-corrected chi connectivity index (χ2v) is 12.1. The predicted octanol–water partition coefficient (Wildman–Crippen LogP) is 3.46. The van der Waals surface area contributed by atoms with Gasteiger partial charge in [-0.15, -0.1) is 11.3 Å². The monoisotopic (exact) mass is 679 g/mol. The standard InChI is InChI=1S/C30H26F5N5O6S/c31-29(32)19-4-2-1-3-17(19)18-9-15(5-6-20(18)29)26(42)37-12-23(41)40-14-28(45-7-8-46-28)11-21(40)27(43)38-24(30(33,34)35)22-10-16(13-47-22)25(36)39-44/h1-6,9-10,13,21,24,44H,7-8,11-12,14H2,(H2,36,39)(H,37,42)(H,38,43)/t21?,24-/m0/s1. The van der Waals surface area contributed by atoms with Crippen molar-refractivity contribution in [2.45, 2.75) is 36.4 Å². The number of likely N-dealkylation sites (tertiary alicyclic amines) is 1. The second kappa shape index (κ2) is 11.9. The van der Waals surface area contributed by atoms with Crippen molar-refractivity contribution >= 4 is 34.9 Å². The fraction of sp³-hybridized carbons (Fsp3) is 0.333. The lowest BCUT2D eigenvalue weighted by molar-refractivity contribution is -0.164. The molecule has 47 heavy (non-hydrogen) atoms. The molecule has 248 valence electrons. The van der Waals surface area contributed by atoms with Gasteiger partial charge >= 0.3 is 6.18 Å². The summed E-state index contributed by atoms with van der Waals surface area (Å²) in [5.74, 6) is -7.85. The van der Waals surface area contributed by atoms with Crippen molar-refractivity contribution in [3.8, 4) is 11.1 Å². The van der Waals surface area contributed by atoms with Crippen LogP contribution in [0.5, 0.6) is 0 Å². The lowest BCUT2D eigenvalue weighted by Crippen LogP contribution is -2.51. The molecule has 1 aliphatic carbocycles. The Bertz CT molecular complexity index is 1770. The van der Waals surface area contributed by atoms with Crippen LogP contribution >= 0.6 is 11.3 Å². The molecular formula is C30H26F5N5O6S. The number of amidine groups is 1. The first-order valence-electron chi connectivity index (χ1n) is 14.2. The number of benzene rings is 2. The topological polar surface area (TPSA) is 156 Å². The molecule has 6 rings (SSSR count). The Labute approximate surface area is 267 Å². The zero-order chi connectivity index (χ0) is 33.7. The van der Waals surface area contributed by atoms with E-state index >= 15 is 0 Å². The van der Waals surface area contributed by atoms with Crippen LogP contribution in [0.1, 0.15) is 44.4 Å². The highest BCUT2D eigenvalue weighted by Crippen LogP contribution is 2.51. The van der Waals surface area contributed by atoms with Gasteiger partial charge in [0.1, 0.15) is 6.04 Å². The summed E-state index contributed by atoms with van der Waals surface area (Å²) in [7, 11) is 0. The Morgan fingerprint density at radius 1 is 1.06 bits per heavy atom. The van der Waals surface area contributed by atoms with Crippen LogP contribution in [0.3, 0.4) is 0 Å². The molecule has 2 fully saturated rings. The third-order valence-corrected chi connectivity index (χ3v) is 9.22. The molecule has 2 saturated heterocycles. The van der Waals surface area contributed by atoms with Gasteiger partial charge in [-0.05, 0) is 29.3 Å². The zero-order valence-corrected chi connectivity index (χ0v) is 25.0. The number of alkyl halides is 5. The highest BCUT2D eigenvalue weighted by Gasteiger charge is 2.54. The number of nitrogens with zero attached hydrogens (tertiary/aromatic N) is 2. The molecule has 17 heteroatoms. The highest BCUT2D eigenvalue weighted by molar-refractivity contribution is 7.10. The van der Waals surface area contributed by atoms with E-state index in [-0.39, 0.29) is 64.4 Å². The third kappa shape index (κ3) is 5.89. The average Bonchev–Trinajstić information content (AvgIpc) is 3.84. The number of ether oxygens (including phenoxy) is 2. The molecule has 1 spiro atoms. The van der Waals surface area contributed by atoms with Crippen LogP contribution in [0.25, 0.3) is 11.1 Å². The van der Waals surface area contributed by atoms with Crippen LogP contribution in [-0.4, -0.2) is 78.0 Å². The van der Waals surface area contributed by atoms with E-state index in [9.17, 15) is 36.3 Å².